The molecule has 1 aliphatic rings. The Balaban J connectivity index is 2.13. The Morgan fingerprint density at radius 1 is 1.25 bits per heavy atom. The van der Waals surface area contributed by atoms with Crippen LogP contribution < -0.4 is 0 Å². The van der Waals surface area contributed by atoms with Crippen molar-refractivity contribution in [1.82, 2.24) is 0 Å². The fraction of sp³-hybridized carbons (Fsp3) is 0.583. The maximum Gasteiger partial charge on any atom is -0.0393 e. The summed E-state index contributed by atoms with van der Waals surface area (Å²) in [4.78, 5) is 0. The highest BCUT2D eigenvalue weighted by Crippen LogP contribution is 2.34. The van der Waals surface area contributed by atoms with Gasteiger partial charge in [0.1, 0.15) is 0 Å². The number of aryl methyl sites for hydroxylation is 1. The van der Waals surface area contributed by atoms with E-state index in [0.717, 1.165) is 5.92 Å². The van der Waals surface area contributed by atoms with Gasteiger partial charge < -0.3 is 0 Å². The Morgan fingerprint density at radius 3 is 2.58 bits per heavy atom. The van der Waals surface area contributed by atoms with Crippen molar-refractivity contribution in [3.63, 3.8) is 0 Å². The molecule has 0 atom stereocenters. The molecule has 0 saturated heterocycles. The number of hydrogen-bond donors (Lipinski definition) is 0. The van der Waals surface area contributed by atoms with E-state index in [1.807, 2.05) is 0 Å². The summed E-state index contributed by atoms with van der Waals surface area (Å²) in [6, 6.07) is 6.74. The summed E-state index contributed by atoms with van der Waals surface area (Å²) in [5.74, 6) is 0.883. The van der Waals surface area contributed by atoms with Crippen LogP contribution in [-0.4, -0.2) is 0 Å². The van der Waals surface area contributed by atoms with Gasteiger partial charge in [0.2, 0.25) is 0 Å². The topological polar surface area (TPSA) is 0 Å². The first-order valence-electron chi connectivity index (χ1n) is 5.10. The van der Waals surface area contributed by atoms with Crippen molar-refractivity contribution in [2.24, 2.45) is 0 Å². The maximum atomic E-state index is 2.31. The highest BCUT2D eigenvalue weighted by molar-refractivity contribution is 5.31. The minimum atomic E-state index is 0.883. The molecule has 0 heteroatoms. The molecule has 2 rings (SSSR count). The number of rotatable bonds is 1. The standard InChI is InChI=1S/C12H17/c1-10-6-5-9-12(10)11-7-3-2-4-8-11/h5-6,9,11H,2-4,7-8H2,1H3/q-1. The molecule has 1 aliphatic carbocycles. The van der Waals surface area contributed by atoms with Crippen LogP contribution in [0.25, 0.3) is 0 Å². The lowest BCUT2D eigenvalue weighted by Crippen LogP contribution is -2.04. The minimum absolute atomic E-state index is 0.883. The van der Waals surface area contributed by atoms with Crippen LogP contribution in [0.4, 0.5) is 0 Å². The third-order valence-corrected chi connectivity index (χ3v) is 3.12. The molecule has 0 bridgehead atoms. The van der Waals surface area contributed by atoms with Crippen LogP contribution in [0.1, 0.15) is 49.1 Å². The van der Waals surface area contributed by atoms with Crippen molar-refractivity contribution in [3.05, 3.63) is 29.3 Å². The van der Waals surface area contributed by atoms with Gasteiger partial charge >= 0.3 is 0 Å². The molecular weight excluding hydrogens is 144 g/mol. The third kappa shape index (κ3) is 1.43. The van der Waals surface area contributed by atoms with E-state index in [9.17, 15) is 0 Å². The summed E-state index contributed by atoms with van der Waals surface area (Å²) in [5.41, 5.74) is 3.12. The van der Waals surface area contributed by atoms with Crippen LogP contribution in [0.2, 0.25) is 0 Å². The minimum Gasteiger partial charge on any atom is -0.213 e. The van der Waals surface area contributed by atoms with Gasteiger partial charge in [-0.1, -0.05) is 26.2 Å². The van der Waals surface area contributed by atoms with E-state index < -0.39 is 0 Å². The zero-order valence-corrected chi connectivity index (χ0v) is 7.84. The van der Waals surface area contributed by atoms with E-state index in [-0.39, 0.29) is 0 Å². The number of hydrogen-bond acceptors (Lipinski definition) is 0. The molecular formula is C12H17-. The maximum absolute atomic E-state index is 2.31. The van der Waals surface area contributed by atoms with Gasteiger partial charge in [-0.25, -0.2) is 12.1 Å². The van der Waals surface area contributed by atoms with Crippen molar-refractivity contribution in [3.8, 4) is 0 Å². The first-order valence-corrected chi connectivity index (χ1v) is 5.10. The Morgan fingerprint density at radius 2 is 2.00 bits per heavy atom. The van der Waals surface area contributed by atoms with Crippen LogP contribution in [0.15, 0.2) is 18.2 Å². The van der Waals surface area contributed by atoms with Crippen molar-refractivity contribution < 1.29 is 0 Å². The quantitative estimate of drug-likeness (QED) is 0.550. The fourth-order valence-corrected chi connectivity index (χ4v) is 2.40. The Labute approximate surface area is 75.0 Å². The molecule has 0 spiro atoms. The van der Waals surface area contributed by atoms with Crippen molar-refractivity contribution in [2.45, 2.75) is 44.9 Å². The van der Waals surface area contributed by atoms with Gasteiger partial charge in [0.25, 0.3) is 0 Å². The Bertz CT molecular complexity index is 238. The molecule has 0 aliphatic heterocycles. The van der Waals surface area contributed by atoms with Crippen molar-refractivity contribution in [1.29, 1.82) is 0 Å². The zero-order chi connectivity index (χ0) is 8.39. The molecule has 0 aromatic heterocycles. The van der Waals surface area contributed by atoms with Gasteiger partial charge in [-0.2, -0.15) is 17.2 Å². The molecule has 0 unspecified atom stereocenters. The lowest BCUT2D eigenvalue weighted by Gasteiger charge is -2.25. The smallest absolute Gasteiger partial charge is 0.0393 e. The van der Waals surface area contributed by atoms with E-state index in [1.165, 1.54) is 37.7 Å². The Kier molecular flexibility index (Phi) is 2.25. The van der Waals surface area contributed by atoms with Crippen LogP contribution in [0, 0.1) is 6.92 Å². The lowest BCUT2D eigenvalue weighted by atomic mass is 9.84. The lowest BCUT2D eigenvalue weighted by molar-refractivity contribution is 0.443. The second-order valence-electron chi connectivity index (χ2n) is 4.00. The summed E-state index contributed by atoms with van der Waals surface area (Å²) >= 11 is 0. The molecule has 0 amide bonds. The SMILES string of the molecule is C[c-]1cccc1C1CCCCC1. The molecule has 66 valence electrons. The van der Waals surface area contributed by atoms with E-state index in [2.05, 4.69) is 25.1 Å². The van der Waals surface area contributed by atoms with Gasteiger partial charge in [0, 0.05) is 0 Å². The molecule has 12 heavy (non-hydrogen) atoms. The predicted octanol–water partition coefficient (Wildman–Crippen LogP) is 3.76. The van der Waals surface area contributed by atoms with E-state index in [4.69, 9.17) is 0 Å². The molecule has 1 fully saturated rings. The first kappa shape index (κ1) is 7.97. The normalized spacial score (nSPS) is 19.8. The van der Waals surface area contributed by atoms with Gasteiger partial charge in [-0.05, 0) is 18.8 Å². The summed E-state index contributed by atoms with van der Waals surface area (Å²) in [7, 11) is 0. The predicted molar refractivity (Wildman–Crippen MR) is 52.6 cm³/mol. The molecule has 1 aromatic rings. The Hall–Kier alpha value is -0.650. The van der Waals surface area contributed by atoms with Crippen LogP contribution >= 0.6 is 0 Å². The van der Waals surface area contributed by atoms with Crippen LogP contribution in [0.3, 0.4) is 0 Å². The van der Waals surface area contributed by atoms with Crippen LogP contribution in [-0.2, 0) is 0 Å². The second kappa shape index (κ2) is 3.38. The van der Waals surface area contributed by atoms with Crippen molar-refractivity contribution >= 4 is 0 Å². The second-order valence-corrected chi connectivity index (χ2v) is 4.00. The van der Waals surface area contributed by atoms with Crippen molar-refractivity contribution in [2.75, 3.05) is 0 Å². The highest BCUT2D eigenvalue weighted by Gasteiger charge is 2.12. The van der Waals surface area contributed by atoms with E-state index >= 15 is 0 Å². The summed E-state index contributed by atoms with van der Waals surface area (Å²) in [5, 5.41) is 0. The fourth-order valence-electron chi connectivity index (χ4n) is 2.40. The first-order chi connectivity index (χ1) is 5.88. The monoisotopic (exact) mass is 161 g/mol. The molecule has 0 radical (unpaired) electrons. The summed E-state index contributed by atoms with van der Waals surface area (Å²) < 4.78 is 0. The largest absolute Gasteiger partial charge is 0.213 e. The summed E-state index contributed by atoms with van der Waals surface area (Å²) in [6.45, 7) is 2.24. The van der Waals surface area contributed by atoms with Gasteiger partial charge in [0.05, 0.1) is 0 Å². The molecule has 1 aromatic carbocycles. The van der Waals surface area contributed by atoms with Gasteiger partial charge in [0.15, 0.2) is 0 Å². The molecule has 0 heterocycles. The highest BCUT2D eigenvalue weighted by atomic mass is 14.2. The molecule has 0 N–H and O–H groups in total. The summed E-state index contributed by atoms with van der Waals surface area (Å²) in [6.07, 6.45) is 7.18. The zero-order valence-electron chi connectivity index (χ0n) is 7.84. The average molecular weight is 161 g/mol. The molecule has 1 saturated carbocycles. The average Bonchev–Trinajstić information content (AvgIpc) is 2.53. The molecule has 0 nitrogen and oxygen atoms in total. The third-order valence-electron chi connectivity index (χ3n) is 3.12. The van der Waals surface area contributed by atoms with E-state index in [1.54, 1.807) is 5.56 Å². The van der Waals surface area contributed by atoms with E-state index in [0.29, 0.717) is 0 Å². The van der Waals surface area contributed by atoms with Crippen LogP contribution in [0.5, 0.6) is 0 Å². The van der Waals surface area contributed by atoms with Gasteiger partial charge in [-0.15, -0.1) is 0 Å². The van der Waals surface area contributed by atoms with Gasteiger partial charge in [-0.3, -0.25) is 0 Å².